The smallest absolute Gasteiger partial charge is 0.0900 e. The highest BCUT2D eigenvalue weighted by Crippen LogP contribution is 2.29. The summed E-state index contributed by atoms with van der Waals surface area (Å²) < 4.78 is 0. The van der Waals surface area contributed by atoms with E-state index in [0.29, 0.717) is 0 Å². The average Bonchev–Trinajstić information content (AvgIpc) is 2.44. The van der Waals surface area contributed by atoms with E-state index in [1.54, 1.807) is 0 Å². The monoisotopic (exact) mass is 232 g/mol. The Morgan fingerprint density at radius 3 is 3.07 bits per heavy atom. The van der Waals surface area contributed by atoms with E-state index in [9.17, 15) is 0 Å². The number of hydrogen-bond acceptors (Lipinski definition) is 3. The van der Waals surface area contributed by atoms with Crippen molar-refractivity contribution in [2.24, 2.45) is 5.92 Å². The predicted molar refractivity (Wildman–Crippen MR) is 63.5 cm³/mol. The zero-order valence-electron chi connectivity index (χ0n) is 8.67. The summed E-state index contributed by atoms with van der Waals surface area (Å²) in [6, 6.07) is 0. The van der Waals surface area contributed by atoms with Gasteiger partial charge in [-0.05, 0) is 45.7 Å². The second-order valence-electron chi connectivity index (χ2n) is 3.77. The minimum atomic E-state index is 0. The third kappa shape index (κ3) is 2.47. The normalized spacial score (nSPS) is 20.0. The van der Waals surface area contributed by atoms with Crippen molar-refractivity contribution in [2.75, 3.05) is 13.6 Å². The minimum Gasteiger partial charge on any atom is -0.319 e. The molecule has 1 aromatic rings. The Morgan fingerprint density at radius 1 is 1.57 bits per heavy atom. The SMILES string of the molecule is CNCC1CCc2nc(C)sc2C1.Cl. The average molecular weight is 233 g/mol. The first-order valence-corrected chi connectivity index (χ1v) is 5.71. The second kappa shape index (κ2) is 5.10. The van der Waals surface area contributed by atoms with Gasteiger partial charge in [-0.25, -0.2) is 4.98 Å². The molecule has 1 aromatic heterocycles. The van der Waals surface area contributed by atoms with Gasteiger partial charge < -0.3 is 5.32 Å². The van der Waals surface area contributed by atoms with Crippen LogP contribution in [0.5, 0.6) is 0 Å². The molecule has 2 rings (SSSR count). The Balaban J connectivity index is 0.000000980. The van der Waals surface area contributed by atoms with E-state index in [0.717, 1.165) is 12.5 Å². The summed E-state index contributed by atoms with van der Waals surface area (Å²) >= 11 is 1.88. The fourth-order valence-corrected chi connectivity index (χ4v) is 3.13. The van der Waals surface area contributed by atoms with Gasteiger partial charge in [-0.15, -0.1) is 23.7 Å². The number of nitrogens with one attached hydrogen (secondary N) is 1. The highest BCUT2D eigenvalue weighted by Gasteiger charge is 2.20. The molecule has 0 bridgehead atoms. The van der Waals surface area contributed by atoms with Crippen molar-refractivity contribution in [3.8, 4) is 0 Å². The van der Waals surface area contributed by atoms with Crippen LogP contribution >= 0.6 is 23.7 Å². The third-order valence-electron chi connectivity index (χ3n) is 2.64. The molecule has 1 atom stereocenters. The Kier molecular flexibility index (Phi) is 4.35. The van der Waals surface area contributed by atoms with Gasteiger partial charge in [0.05, 0.1) is 10.7 Å². The van der Waals surface area contributed by atoms with E-state index >= 15 is 0 Å². The number of aromatic nitrogens is 1. The maximum absolute atomic E-state index is 4.54. The van der Waals surface area contributed by atoms with Crippen LogP contribution < -0.4 is 5.32 Å². The molecule has 0 aliphatic heterocycles. The molecule has 0 radical (unpaired) electrons. The number of nitrogens with zero attached hydrogens (tertiary/aromatic N) is 1. The van der Waals surface area contributed by atoms with E-state index in [1.165, 1.54) is 34.8 Å². The number of rotatable bonds is 2. The molecule has 0 fully saturated rings. The molecule has 2 nitrogen and oxygen atoms in total. The molecular weight excluding hydrogens is 216 g/mol. The van der Waals surface area contributed by atoms with Gasteiger partial charge in [0, 0.05) is 4.88 Å². The molecule has 1 aliphatic carbocycles. The topological polar surface area (TPSA) is 24.9 Å². The lowest BCUT2D eigenvalue weighted by molar-refractivity contribution is 0.441. The lowest BCUT2D eigenvalue weighted by atomic mass is 9.91. The predicted octanol–water partition coefficient (Wildman–Crippen LogP) is 2.20. The van der Waals surface area contributed by atoms with Crippen LogP contribution in [0.1, 0.15) is 22.0 Å². The number of hydrogen-bond donors (Lipinski definition) is 1. The molecule has 0 saturated carbocycles. The fraction of sp³-hybridized carbons (Fsp3) is 0.700. The molecule has 4 heteroatoms. The maximum atomic E-state index is 4.54. The van der Waals surface area contributed by atoms with Crippen LogP contribution in [0.4, 0.5) is 0 Å². The molecule has 14 heavy (non-hydrogen) atoms. The Morgan fingerprint density at radius 2 is 2.36 bits per heavy atom. The third-order valence-corrected chi connectivity index (χ3v) is 3.68. The van der Waals surface area contributed by atoms with Crippen molar-refractivity contribution in [1.29, 1.82) is 0 Å². The van der Waals surface area contributed by atoms with Crippen LogP contribution in [-0.2, 0) is 12.8 Å². The van der Waals surface area contributed by atoms with Gasteiger partial charge in [-0.1, -0.05) is 0 Å². The van der Waals surface area contributed by atoms with Gasteiger partial charge in [0.2, 0.25) is 0 Å². The number of halogens is 1. The first-order chi connectivity index (χ1) is 6.29. The first-order valence-electron chi connectivity index (χ1n) is 4.89. The Bertz CT molecular complexity index is 298. The van der Waals surface area contributed by atoms with E-state index in [2.05, 4.69) is 17.2 Å². The molecule has 0 aromatic carbocycles. The fourth-order valence-electron chi connectivity index (χ4n) is 2.04. The molecule has 1 aliphatic rings. The number of aryl methyl sites for hydroxylation is 2. The first kappa shape index (κ1) is 12.0. The second-order valence-corrected chi connectivity index (χ2v) is 5.06. The molecule has 80 valence electrons. The van der Waals surface area contributed by atoms with Crippen LogP contribution in [0.15, 0.2) is 0 Å². The number of thiazole rings is 1. The zero-order valence-corrected chi connectivity index (χ0v) is 10.3. The van der Waals surface area contributed by atoms with Crippen LogP contribution in [0.3, 0.4) is 0 Å². The standard InChI is InChI=1S/C10H16N2S.ClH/c1-7-12-9-4-3-8(6-11-2)5-10(9)13-7;/h8,11H,3-6H2,1-2H3;1H. The van der Waals surface area contributed by atoms with E-state index in [-0.39, 0.29) is 12.4 Å². The highest BCUT2D eigenvalue weighted by molar-refractivity contribution is 7.11. The molecule has 0 spiro atoms. The lowest BCUT2D eigenvalue weighted by Crippen LogP contribution is -2.24. The molecular formula is C10H17ClN2S. The van der Waals surface area contributed by atoms with E-state index in [4.69, 9.17) is 0 Å². The zero-order chi connectivity index (χ0) is 9.26. The summed E-state index contributed by atoms with van der Waals surface area (Å²) in [5, 5.41) is 4.49. The van der Waals surface area contributed by atoms with Crippen LogP contribution in [0, 0.1) is 12.8 Å². The van der Waals surface area contributed by atoms with Crippen molar-refractivity contribution in [3.63, 3.8) is 0 Å². The van der Waals surface area contributed by atoms with Gasteiger partial charge in [-0.2, -0.15) is 0 Å². The molecule has 1 N–H and O–H groups in total. The van der Waals surface area contributed by atoms with Gasteiger partial charge in [0.25, 0.3) is 0 Å². The largest absolute Gasteiger partial charge is 0.319 e. The van der Waals surface area contributed by atoms with Crippen LogP contribution in [0.2, 0.25) is 0 Å². The molecule has 0 saturated heterocycles. The van der Waals surface area contributed by atoms with E-state index < -0.39 is 0 Å². The minimum absolute atomic E-state index is 0. The summed E-state index contributed by atoms with van der Waals surface area (Å²) in [7, 11) is 2.04. The van der Waals surface area contributed by atoms with Crippen molar-refractivity contribution in [1.82, 2.24) is 10.3 Å². The summed E-state index contributed by atoms with van der Waals surface area (Å²) in [6.45, 7) is 3.26. The lowest BCUT2D eigenvalue weighted by Gasteiger charge is -2.20. The van der Waals surface area contributed by atoms with Crippen molar-refractivity contribution in [3.05, 3.63) is 15.6 Å². The van der Waals surface area contributed by atoms with Gasteiger partial charge >= 0.3 is 0 Å². The van der Waals surface area contributed by atoms with Gasteiger partial charge in [0.15, 0.2) is 0 Å². The molecule has 1 unspecified atom stereocenters. The number of fused-ring (bicyclic) bond motifs is 1. The quantitative estimate of drug-likeness (QED) is 0.846. The Hall–Kier alpha value is -0.120. The maximum Gasteiger partial charge on any atom is 0.0900 e. The molecule has 1 heterocycles. The van der Waals surface area contributed by atoms with Crippen LogP contribution in [0.25, 0.3) is 0 Å². The van der Waals surface area contributed by atoms with Crippen LogP contribution in [-0.4, -0.2) is 18.6 Å². The van der Waals surface area contributed by atoms with Crippen molar-refractivity contribution >= 4 is 23.7 Å². The summed E-state index contributed by atoms with van der Waals surface area (Å²) in [5.41, 5.74) is 1.37. The van der Waals surface area contributed by atoms with Gasteiger partial charge in [0.1, 0.15) is 0 Å². The van der Waals surface area contributed by atoms with Gasteiger partial charge in [-0.3, -0.25) is 0 Å². The summed E-state index contributed by atoms with van der Waals surface area (Å²) in [5.74, 6) is 0.831. The van der Waals surface area contributed by atoms with E-state index in [1.807, 2.05) is 18.4 Å². The van der Waals surface area contributed by atoms with Crippen molar-refractivity contribution in [2.45, 2.75) is 26.2 Å². The molecule has 0 amide bonds. The van der Waals surface area contributed by atoms with Crippen molar-refractivity contribution < 1.29 is 0 Å². The highest BCUT2D eigenvalue weighted by atomic mass is 35.5. The summed E-state index contributed by atoms with van der Waals surface area (Å²) in [6.07, 6.45) is 3.73. The summed E-state index contributed by atoms with van der Waals surface area (Å²) in [4.78, 5) is 6.08. The Labute approximate surface area is 95.5 Å².